The highest BCUT2D eigenvalue weighted by Crippen LogP contribution is 2.39. The van der Waals surface area contributed by atoms with Crippen molar-refractivity contribution in [3.63, 3.8) is 0 Å². The van der Waals surface area contributed by atoms with Gasteiger partial charge in [-0.05, 0) is 36.4 Å². The molecule has 0 aliphatic rings. The molecule has 0 amide bonds. The molecule has 0 spiro atoms. The summed E-state index contributed by atoms with van der Waals surface area (Å²) in [5.74, 6) is -0.538. The third-order valence-corrected chi connectivity index (χ3v) is 4.89. The van der Waals surface area contributed by atoms with E-state index in [1.54, 1.807) is 0 Å². The number of hydrogen-bond acceptors (Lipinski definition) is 5. The van der Waals surface area contributed by atoms with Crippen LogP contribution in [-0.4, -0.2) is 21.8 Å². The van der Waals surface area contributed by atoms with Gasteiger partial charge in [0.05, 0.1) is 36.4 Å². The van der Waals surface area contributed by atoms with Gasteiger partial charge in [-0.3, -0.25) is 0 Å². The SMILES string of the molecule is COc1ccc(-c2nc(Cn3ccc4c(C(F)(F)F)c(C#N)ccc43)no2)cc1C(F)(F)F. The zero-order valence-corrected chi connectivity index (χ0v) is 16.6. The van der Waals surface area contributed by atoms with Gasteiger partial charge in [0, 0.05) is 22.7 Å². The molecule has 4 rings (SSSR count). The molecule has 170 valence electrons. The van der Waals surface area contributed by atoms with E-state index in [0.29, 0.717) is 0 Å². The Morgan fingerprint density at radius 3 is 2.45 bits per heavy atom. The second-order valence-corrected chi connectivity index (χ2v) is 6.90. The lowest BCUT2D eigenvalue weighted by molar-refractivity contribution is -0.139. The summed E-state index contributed by atoms with van der Waals surface area (Å²) in [6.07, 6.45) is -8.04. The van der Waals surface area contributed by atoms with Crippen LogP contribution in [0.25, 0.3) is 22.4 Å². The van der Waals surface area contributed by atoms with Crippen LogP contribution in [0.1, 0.15) is 22.5 Å². The van der Waals surface area contributed by atoms with Crippen molar-refractivity contribution in [2.45, 2.75) is 18.9 Å². The summed E-state index contributed by atoms with van der Waals surface area (Å²) in [5.41, 5.74) is -2.40. The number of nitrogens with zero attached hydrogens (tertiary/aromatic N) is 4. The van der Waals surface area contributed by atoms with Crippen molar-refractivity contribution in [3.05, 3.63) is 65.1 Å². The first-order chi connectivity index (χ1) is 15.5. The Labute approximate surface area is 181 Å². The van der Waals surface area contributed by atoms with Gasteiger partial charge >= 0.3 is 12.4 Å². The number of methoxy groups -OCH3 is 1. The van der Waals surface area contributed by atoms with Gasteiger partial charge in [-0.25, -0.2) is 0 Å². The fourth-order valence-electron chi connectivity index (χ4n) is 3.46. The maximum atomic E-state index is 13.5. The molecular weight excluding hydrogens is 454 g/mol. The number of benzene rings is 2. The maximum absolute atomic E-state index is 13.5. The molecular formula is C21H12F6N4O2. The summed E-state index contributed by atoms with van der Waals surface area (Å²) < 4.78 is 91.4. The first-order valence-electron chi connectivity index (χ1n) is 9.20. The molecule has 2 aromatic heterocycles. The van der Waals surface area contributed by atoms with E-state index in [1.807, 2.05) is 0 Å². The van der Waals surface area contributed by atoms with E-state index in [1.165, 1.54) is 35.0 Å². The van der Waals surface area contributed by atoms with Gasteiger partial charge in [0.2, 0.25) is 0 Å². The molecule has 6 nitrogen and oxygen atoms in total. The lowest BCUT2D eigenvalue weighted by Gasteiger charge is -2.12. The second kappa shape index (κ2) is 7.84. The summed E-state index contributed by atoms with van der Waals surface area (Å²) in [6, 6.07) is 8.43. The Bertz CT molecular complexity index is 1380. The summed E-state index contributed by atoms with van der Waals surface area (Å²) in [7, 11) is 1.11. The Morgan fingerprint density at radius 1 is 1.06 bits per heavy atom. The van der Waals surface area contributed by atoms with Crippen molar-refractivity contribution >= 4 is 10.9 Å². The summed E-state index contributed by atoms with van der Waals surface area (Å²) in [5, 5.41) is 12.6. The van der Waals surface area contributed by atoms with Crippen LogP contribution in [0.3, 0.4) is 0 Å². The highest BCUT2D eigenvalue weighted by molar-refractivity contribution is 5.86. The van der Waals surface area contributed by atoms with Crippen molar-refractivity contribution in [2.75, 3.05) is 7.11 Å². The van der Waals surface area contributed by atoms with Crippen molar-refractivity contribution in [2.24, 2.45) is 0 Å². The van der Waals surface area contributed by atoms with Crippen LogP contribution in [0.5, 0.6) is 5.75 Å². The molecule has 0 atom stereocenters. The molecule has 0 N–H and O–H groups in total. The molecule has 0 unspecified atom stereocenters. The number of alkyl halides is 6. The van der Waals surface area contributed by atoms with Crippen molar-refractivity contribution in [1.82, 2.24) is 14.7 Å². The minimum atomic E-state index is -4.74. The average molecular weight is 466 g/mol. The third-order valence-electron chi connectivity index (χ3n) is 4.89. The quantitative estimate of drug-likeness (QED) is 0.363. The van der Waals surface area contributed by atoms with E-state index >= 15 is 0 Å². The minimum absolute atomic E-state index is 0.00254. The smallest absolute Gasteiger partial charge is 0.419 e. The molecule has 2 aromatic carbocycles. The normalized spacial score (nSPS) is 12.2. The van der Waals surface area contributed by atoms with Crippen LogP contribution in [0, 0.1) is 11.3 Å². The molecule has 4 aromatic rings. The van der Waals surface area contributed by atoms with Crippen molar-refractivity contribution < 1.29 is 35.6 Å². The van der Waals surface area contributed by atoms with E-state index in [-0.39, 0.29) is 40.5 Å². The number of fused-ring (bicyclic) bond motifs is 1. The number of ether oxygens (including phenoxy) is 1. The molecule has 0 saturated heterocycles. The predicted molar refractivity (Wildman–Crippen MR) is 102 cm³/mol. The Balaban J connectivity index is 1.69. The van der Waals surface area contributed by atoms with E-state index in [2.05, 4.69) is 10.1 Å². The first kappa shape index (κ1) is 22.2. The predicted octanol–water partition coefficient (Wildman–Crippen LogP) is 5.66. The van der Waals surface area contributed by atoms with E-state index < -0.39 is 29.0 Å². The number of halogens is 6. The van der Waals surface area contributed by atoms with Gasteiger partial charge in [0.15, 0.2) is 5.82 Å². The topological polar surface area (TPSA) is 76.9 Å². The number of nitriles is 1. The van der Waals surface area contributed by atoms with Crippen LogP contribution in [-0.2, 0) is 18.9 Å². The van der Waals surface area contributed by atoms with Gasteiger partial charge in [-0.2, -0.15) is 36.6 Å². The average Bonchev–Trinajstić information content (AvgIpc) is 3.38. The third kappa shape index (κ3) is 4.09. The molecule has 0 saturated carbocycles. The highest BCUT2D eigenvalue weighted by atomic mass is 19.4. The van der Waals surface area contributed by atoms with Crippen LogP contribution in [0.15, 0.2) is 47.1 Å². The monoisotopic (exact) mass is 466 g/mol. The van der Waals surface area contributed by atoms with Crippen molar-refractivity contribution in [3.8, 4) is 23.3 Å². The Hall–Kier alpha value is -4.01. The number of hydrogen-bond donors (Lipinski definition) is 0. The van der Waals surface area contributed by atoms with E-state index in [9.17, 15) is 26.3 Å². The Morgan fingerprint density at radius 2 is 1.82 bits per heavy atom. The van der Waals surface area contributed by atoms with Gasteiger partial charge in [0.1, 0.15) is 5.75 Å². The number of rotatable bonds is 4. The second-order valence-electron chi connectivity index (χ2n) is 6.90. The molecule has 0 fully saturated rings. The molecule has 33 heavy (non-hydrogen) atoms. The molecule has 0 bridgehead atoms. The van der Waals surface area contributed by atoms with Crippen LogP contribution >= 0.6 is 0 Å². The highest BCUT2D eigenvalue weighted by Gasteiger charge is 2.36. The summed E-state index contributed by atoms with van der Waals surface area (Å²) in [4.78, 5) is 4.06. The van der Waals surface area contributed by atoms with Crippen LogP contribution in [0.4, 0.5) is 26.3 Å². The van der Waals surface area contributed by atoms with E-state index in [4.69, 9.17) is 14.5 Å². The standard InChI is InChI=1S/C21H12F6N4O2/c1-32-16-5-3-11(8-14(16)20(22,23)24)19-29-17(30-33-19)10-31-7-6-13-15(31)4-2-12(9-28)18(13)21(25,26)27/h2-8H,10H2,1H3. The molecule has 12 heteroatoms. The lowest BCUT2D eigenvalue weighted by atomic mass is 10.0. The first-order valence-corrected chi connectivity index (χ1v) is 9.20. The van der Waals surface area contributed by atoms with Crippen LogP contribution in [0.2, 0.25) is 0 Å². The zero-order chi connectivity index (χ0) is 24.0. The molecule has 0 radical (unpaired) electrons. The lowest BCUT2D eigenvalue weighted by Crippen LogP contribution is -2.09. The van der Waals surface area contributed by atoms with Gasteiger partial charge in [-0.1, -0.05) is 5.16 Å². The largest absolute Gasteiger partial charge is 0.496 e. The van der Waals surface area contributed by atoms with E-state index in [0.717, 1.165) is 25.3 Å². The minimum Gasteiger partial charge on any atom is -0.496 e. The molecule has 0 aliphatic heterocycles. The zero-order valence-electron chi connectivity index (χ0n) is 16.6. The van der Waals surface area contributed by atoms with Crippen molar-refractivity contribution in [1.29, 1.82) is 5.26 Å². The fourth-order valence-corrected chi connectivity index (χ4v) is 3.46. The van der Waals surface area contributed by atoms with Crippen LogP contribution < -0.4 is 4.74 Å². The number of aromatic nitrogens is 3. The van der Waals surface area contributed by atoms with Gasteiger partial charge < -0.3 is 13.8 Å². The molecule has 0 aliphatic carbocycles. The molecule has 2 heterocycles. The fraction of sp³-hybridized carbons (Fsp3) is 0.190. The van der Waals surface area contributed by atoms with Gasteiger partial charge in [-0.15, -0.1) is 0 Å². The summed E-state index contributed by atoms with van der Waals surface area (Å²) >= 11 is 0. The summed E-state index contributed by atoms with van der Waals surface area (Å²) in [6.45, 7) is -0.113. The van der Waals surface area contributed by atoms with Gasteiger partial charge in [0.25, 0.3) is 5.89 Å². The Kier molecular flexibility index (Phi) is 5.27. The maximum Gasteiger partial charge on any atom is 0.419 e.